The second-order valence-electron chi connectivity index (χ2n) is 6.03. The van der Waals surface area contributed by atoms with E-state index >= 15 is 0 Å². The number of rotatable bonds is 7. The third-order valence-corrected chi connectivity index (χ3v) is 4.07. The first-order chi connectivity index (χ1) is 11.4. The fourth-order valence-electron chi connectivity index (χ4n) is 2.80. The van der Waals surface area contributed by atoms with E-state index in [2.05, 4.69) is 0 Å². The smallest absolute Gasteiger partial charge is 0.0812 e. The van der Waals surface area contributed by atoms with Crippen LogP contribution in [0.5, 0.6) is 0 Å². The molecule has 0 aliphatic heterocycles. The van der Waals surface area contributed by atoms with Gasteiger partial charge in [-0.15, -0.1) is 0 Å². The van der Waals surface area contributed by atoms with Crippen LogP contribution in [-0.2, 0) is 19.9 Å². The Hall–Kier alpha value is -2.06. The number of aliphatic hydroxyl groups excluding tert-OH is 4. The molecule has 0 fully saturated rings. The maximum atomic E-state index is 9.85. The predicted molar refractivity (Wildman–Crippen MR) is 93.3 cm³/mol. The minimum absolute atomic E-state index is 0.112. The van der Waals surface area contributed by atoms with Crippen molar-refractivity contribution in [2.45, 2.75) is 25.0 Å². The highest BCUT2D eigenvalue weighted by molar-refractivity contribution is 5.83. The molecule has 1 heterocycles. The monoisotopic (exact) mass is 335 g/mol. The van der Waals surface area contributed by atoms with E-state index in [9.17, 15) is 10.2 Å². The highest BCUT2D eigenvalue weighted by Crippen LogP contribution is 2.36. The van der Waals surface area contributed by atoms with E-state index in [0.29, 0.717) is 22.5 Å². The number of benzene rings is 1. The van der Waals surface area contributed by atoms with Crippen LogP contribution in [0, 0.1) is 0 Å². The van der Waals surface area contributed by atoms with Gasteiger partial charge in [0.15, 0.2) is 0 Å². The molecule has 0 amide bonds. The molecular formula is C17H25N3O4. The quantitative estimate of drug-likeness (QED) is 0.382. The van der Waals surface area contributed by atoms with E-state index < -0.39 is 25.4 Å². The van der Waals surface area contributed by atoms with Gasteiger partial charge < -0.3 is 36.5 Å². The molecule has 2 unspecified atom stereocenters. The lowest BCUT2D eigenvalue weighted by Gasteiger charge is -2.21. The number of nitrogen functional groups attached to an aromatic ring is 2. The molecule has 0 bridgehead atoms. The largest absolute Gasteiger partial charge is 0.398 e. The van der Waals surface area contributed by atoms with E-state index in [1.165, 1.54) is 0 Å². The Bertz CT molecular complexity index is 699. The standard InChI is InChI=1S/C17H25N3O4/c1-20-3-2-10(7-20)13-6-16(18)14(4-11(23)8-21)15(17(13)19)5-12(24)9-22/h2-3,6-7,11-12,21-24H,4-5,8-9,18-19H2,1H3. The predicted octanol–water partition coefficient (Wildman–Crippen LogP) is -0.352. The van der Waals surface area contributed by atoms with E-state index in [-0.39, 0.29) is 12.8 Å². The molecule has 7 nitrogen and oxygen atoms in total. The zero-order valence-corrected chi connectivity index (χ0v) is 13.7. The van der Waals surface area contributed by atoms with Crippen LogP contribution in [-0.4, -0.2) is 50.4 Å². The van der Waals surface area contributed by atoms with Crippen LogP contribution >= 0.6 is 0 Å². The lowest BCUT2D eigenvalue weighted by molar-refractivity contribution is 0.0914. The van der Waals surface area contributed by atoms with Gasteiger partial charge in [-0.05, 0) is 23.3 Å². The summed E-state index contributed by atoms with van der Waals surface area (Å²) in [5.74, 6) is 0. The number of aryl methyl sites for hydroxylation is 1. The lowest BCUT2D eigenvalue weighted by Crippen LogP contribution is -2.22. The first-order valence-corrected chi connectivity index (χ1v) is 7.77. The summed E-state index contributed by atoms with van der Waals surface area (Å²) in [4.78, 5) is 0. The van der Waals surface area contributed by atoms with Gasteiger partial charge in [-0.2, -0.15) is 0 Å². The molecule has 0 saturated carbocycles. The number of hydrogen-bond acceptors (Lipinski definition) is 6. The van der Waals surface area contributed by atoms with Gasteiger partial charge in [0.05, 0.1) is 25.4 Å². The fourth-order valence-corrected chi connectivity index (χ4v) is 2.80. The van der Waals surface area contributed by atoms with Crippen molar-refractivity contribution in [1.29, 1.82) is 0 Å². The van der Waals surface area contributed by atoms with Crippen LogP contribution in [0.4, 0.5) is 11.4 Å². The van der Waals surface area contributed by atoms with Crippen LogP contribution < -0.4 is 11.5 Å². The van der Waals surface area contributed by atoms with Gasteiger partial charge in [0.1, 0.15) is 0 Å². The van der Waals surface area contributed by atoms with Crippen molar-refractivity contribution in [3.63, 3.8) is 0 Å². The van der Waals surface area contributed by atoms with Crippen LogP contribution in [0.25, 0.3) is 11.1 Å². The van der Waals surface area contributed by atoms with Crippen molar-refractivity contribution >= 4 is 11.4 Å². The first kappa shape index (κ1) is 18.3. The first-order valence-electron chi connectivity index (χ1n) is 7.77. The Labute approximate surface area is 140 Å². The third kappa shape index (κ3) is 3.88. The highest BCUT2D eigenvalue weighted by Gasteiger charge is 2.20. The Kier molecular flexibility index (Phi) is 5.84. The molecular weight excluding hydrogens is 310 g/mol. The number of nitrogens with zero attached hydrogens (tertiary/aromatic N) is 1. The molecule has 0 aliphatic rings. The number of aliphatic hydroxyl groups is 4. The molecule has 0 radical (unpaired) electrons. The SMILES string of the molecule is Cn1ccc(-c2cc(N)c(CC(O)CO)c(CC(O)CO)c2N)c1. The topological polar surface area (TPSA) is 138 Å². The van der Waals surface area contributed by atoms with Crippen molar-refractivity contribution in [1.82, 2.24) is 4.57 Å². The average Bonchev–Trinajstić information content (AvgIpc) is 2.99. The van der Waals surface area contributed by atoms with Crippen LogP contribution in [0.15, 0.2) is 24.5 Å². The summed E-state index contributed by atoms with van der Waals surface area (Å²) < 4.78 is 1.89. The summed E-state index contributed by atoms with van der Waals surface area (Å²) in [6, 6.07) is 3.64. The molecule has 0 saturated heterocycles. The molecule has 2 rings (SSSR count). The molecule has 1 aromatic heterocycles. The van der Waals surface area contributed by atoms with Crippen molar-refractivity contribution in [3.05, 3.63) is 35.7 Å². The van der Waals surface area contributed by atoms with E-state index in [1.807, 2.05) is 30.1 Å². The molecule has 0 aliphatic carbocycles. The summed E-state index contributed by atoms with van der Waals surface area (Å²) in [6.07, 6.45) is 2.06. The summed E-state index contributed by atoms with van der Waals surface area (Å²) in [6.45, 7) is -0.807. The van der Waals surface area contributed by atoms with Gasteiger partial charge in [-0.25, -0.2) is 0 Å². The Balaban J connectivity index is 2.57. The summed E-state index contributed by atoms with van der Waals surface area (Å²) in [5, 5.41) is 37.9. The number of aromatic nitrogens is 1. The fraction of sp³-hybridized carbons (Fsp3) is 0.412. The molecule has 8 N–H and O–H groups in total. The lowest BCUT2D eigenvalue weighted by atomic mass is 9.90. The van der Waals surface area contributed by atoms with Gasteiger partial charge in [0.2, 0.25) is 0 Å². The van der Waals surface area contributed by atoms with Crippen molar-refractivity contribution in [2.75, 3.05) is 24.7 Å². The Morgan fingerprint density at radius 3 is 2.12 bits per heavy atom. The molecule has 7 heteroatoms. The highest BCUT2D eigenvalue weighted by atomic mass is 16.3. The van der Waals surface area contributed by atoms with Crippen LogP contribution in [0.3, 0.4) is 0 Å². The molecule has 0 spiro atoms. The number of nitrogens with two attached hydrogens (primary N) is 2. The number of anilines is 2. The zero-order chi connectivity index (χ0) is 17.9. The van der Waals surface area contributed by atoms with E-state index in [1.54, 1.807) is 6.07 Å². The van der Waals surface area contributed by atoms with E-state index in [0.717, 1.165) is 11.1 Å². The maximum absolute atomic E-state index is 9.85. The molecule has 2 aromatic rings. The summed E-state index contributed by atoms with van der Waals surface area (Å²) in [5.41, 5.74) is 16.1. The molecule has 132 valence electrons. The van der Waals surface area contributed by atoms with Gasteiger partial charge in [0, 0.05) is 54.8 Å². The summed E-state index contributed by atoms with van der Waals surface area (Å²) >= 11 is 0. The Morgan fingerprint density at radius 2 is 1.62 bits per heavy atom. The normalized spacial score (nSPS) is 13.9. The Morgan fingerprint density at radius 1 is 1.04 bits per heavy atom. The zero-order valence-electron chi connectivity index (χ0n) is 13.7. The van der Waals surface area contributed by atoms with Crippen molar-refractivity contribution in [2.24, 2.45) is 7.05 Å². The van der Waals surface area contributed by atoms with Gasteiger partial charge in [-0.3, -0.25) is 0 Å². The average molecular weight is 335 g/mol. The third-order valence-electron chi connectivity index (χ3n) is 4.07. The van der Waals surface area contributed by atoms with Gasteiger partial charge in [-0.1, -0.05) is 0 Å². The second-order valence-corrected chi connectivity index (χ2v) is 6.03. The van der Waals surface area contributed by atoms with Crippen molar-refractivity contribution < 1.29 is 20.4 Å². The minimum Gasteiger partial charge on any atom is -0.398 e. The summed E-state index contributed by atoms with van der Waals surface area (Å²) in [7, 11) is 1.89. The van der Waals surface area contributed by atoms with Gasteiger partial charge in [0.25, 0.3) is 0 Å². The molecule has 2 atom stereocenters. The van der Waals surface area contributed by atoms with Crippen molar-refractivity contribution in [3.8, 4) is 11.1 Å². The number of hydrogen-bond donors (Lipinski definition) is 6. The minimum atomic E-state index is -0.984. The van der Waals surface area contributed by atoms with Gasteiger partial charge >= 0.3 is 0 Å². The molecule has 1 aromatic carbocycles. The molecule has 24 heavy (non-hydrogen) atoms. The maximum Gasteiger partial charge on any atom is 0.0812 e. The van der Waals surface area contributed by atoms with Crippen LogP contribution in [0.2, 0.25) is 0 Å². The van der Waals surface area contributed by atoms with E-state index in [4.69, 9.17) is 21.7 Å². The second kappa shape index (κ2) is 7.67. The van der Waals surface area contributed by atoms with Crippen LogP contribution in [0.1, 0.15) is 11.1 Å².